The molecule has 0 amide bonds. The Balaban J connectivity index is 1.96. The molecule has 0 aromatic heterocycles. The highest BCUT2D eigenvalue weighted by Crippen LogP contribution is 2.41. The second-order valence-corrected chi connectivity index (χ2v) is 5.20. The third-order valence-electron chi connectivity index (χ3n) is 4.18. The Labute approximate surface area is 102 Å². The zero-order valence-corrected chi connectivity index (χ0v) is 10.4. The maximum Gasteiger partial charge on any atom is 0.124 e. The Bertz CT molecular complexity index is 424. The van der Waals surface area contributed by atoms with E-state index < -0.39 is 0 Å². The fourth-order valence-corrected chi connectivity index (χ4v) is 3.11. The lowest BCUT2D eigenvalue weighted by Crippen LogP contribution is -2.26. The Morgan fingerprint density at radius 1 is 1.29 bits per heavy atom. The predicted octanol–water partition coefficient (Wildman–Crippen LogP) is 1.85. The minimum absolute atomic E-state index is 0.535. The van der Waals surface area contributed by atoms with E-state index in [4.69, 9.17) is 0 Å². The Kier molecular flexibility index (Phi) is 2.71. The summed E-state index contributed by atoms with van der Waals surface area (Å²) < 4.78 is 0. The average molecular weight is 232 g/mol. The molecule has 1 aromatic carbocycles. The summed E-state index contributed by atoms with van der Waals surface area (Å²) in [5, 5.41) is 13.8. The van der Waals surface area contributed by atoms with Crippen LogP contribution in [0.4, 0.5) is 5.69 Å². The molecule has 0 radical (unpaired) electrons. The SMILES string of the molecule is CN1CCc2c1ccc(C1CCNCC1)c2O. The summed E-state index contributed by atoms with van der Waals surface area (Å²) in [6.07, 6.45) is 3.26. The van der Waals surface area contributed by atoms with Gasteiger partial charge in [-0.15, -0.1) is 0 Å². The number of nitrogens with zero attached hydrogens (tertiary/aromatic N) is 1. The number of fused-ring (bicyclic) bond motifs is 1. The number of phenols is 1. The lowest BCUT2D eigenvalue weighted by molar-refractivity contribution is 0.422. The maximum atomic E-state index is 10.4. The smallest absolute Gasteiger partial charge is 0.124 e. The molecule has 2 aliphatic rings. The van der Waals surface area contributed by atoms with Gasteiger partial charge in [0.25, 0.3) is 0 Å². The highest BCUT2D eigenvalue weighted by molar-refractivity contribution is 5.65. The summed E-state index contributed by atoms with van der Waals surface area (Å²) in [5.74, 6) is 1.10. The number of aromatic hydroxyl groups is 1. The molecule has 0 spiro atoms. The first-order valence-electron chi connectivity index (χ1n) is 6.54. The largest absolute Gasteiger partial charge is 0.507 e. The molecule has 17 heavy (non-hydrogen) atoms. The Morgan fingerprint density at radius 2 is 2.06 bits per heavy atom. The van der Waals surface area contributed by atoms with Crippen LogP contribution in [0.25, 0.3) is 0 Å². The zero-order valence-electron chi connectivity index (χ0n) is 10.4. The molecular formula is C14H20N2O. The minimum atomic E-state index is 0.535. The van der Waals surface area contributed by atoms with Crippen LogP contribution >= 0.6 is 0 Å². The molecule has 0 aliphatic carbocycles. The third-order valence-corrected chi connectivity index (χ3v) is 4.18. The summed E-state index contributed by atoms with van der Waals surface area (Å²) in [7, 11) is 2.09. The lowest BCUT2D eigenvalue weighted by atomic mass is 9.88. The molecule has 0 atom stereocenters. The first kappa shape index (κ1) is 10.9. The van der Waals surface area contributed by atoms with Crippen molar-refractivity contribution < 1.29 is 5.11 Å². The quantitative estimate of drug-likeness (QED) is 0.775. The third kappa shape index (κ3) is 1.78. The van der Waals surface area contributed by atoms with Crippen LogP contribution in [0.3, 0.4) is 0 Å². The van der Waals surface area contributed by atoms with Crippen molar-refractivity contribution in [1.29, 1.82) is 0 Å². The molecule has 3 heteroatoms. The van der Waals surface area contributed by atoms with E-state index in [1.54, 1.807) is 0 Å². The van der Waals surface area contributed by atoms with E-state index in [-0.39, 0.29) is 0 Å². The summed E-state index contributed by atoms with van der Waals surface area (Å²) in [6.45, 7) is 3.17. The molecule has 1 fully saturated rings. The number of piperidine rings is 1. The number of hydrogen-bond acceptors (Lipinski definition) is 3. The van der Waals surface area contributed by atoms with Gasteiger partial charge in [0.05, 0.1) is 0 Å². The molecule has 92 valence electrons. The lowest BCUT2D eigenvalue weighted by Gasteiger charge is -2.24. The van der Waals surface area contributed by atoms with E-state index in [9.17, 15) is 5.11 Å². The molecule has 3 rings (SSSR count). The van der Waals surface area contributed by atoms with E-state index in [2.05, 4.69) is 29.4 Å². The van der Waals surface area contributed by atoms with Gasteiger partial charge in [-0.05, 0) is 49.9 Å². The average Bonchev–Trinajstić information content (AvgIpc) is 2.74. The number of likely N-dealkylation sites (N-methyl/N-ethyl adjacent to an activating group) is 1. The highest BCUT2D eigenvalue weighted by Gasteiger charge is 2.25. The monoisotopic (exact) mass is 232 g/mol. The van der Waals surface area contributed by atoms with Gasteiger partial charge in [0.2, 0.25) is 0 Å². The van der Waals surface area contributed by atoms with Gasteiger partial charge >= 0.3 is 0 Å². The summed E-state index contributed by atoms with van der Waals surface area (Å²) in [6, 6.07) is 4.31. The number of nitrogens with one attached hydrogen (secondary N) is 1. The molecule has 2 heterocycles. The summed E-state index contributed by atoms with van der Waals surface area (Å²) in [4.78, 5) is 2.22. The van der Waals surface area contributed by atoms with Crippen molar-refractivity contribution in [1.82, 2.24) is 5.32 Å². The van der Waals surface area contributed by atoms with Gasteiger partial charge in [0.1, 0.15) is 5.75 Å². The summed E-state index contributed by atoms with van der Waals surface area (Å²) >= 11 is 0. The van der Waals surface area contributed by atoms with Gasteiger partial charge in [0.15, 0.2) is 0 Å². The van der Waals surface area contributed by atoms with Gasteiger partial charge in [-0.1, -0.05) is 6.07 Å². The van der Waals surface area contributed by atoms with Crippen molar-refractivity contribution in [2.75, 3.05) is 31.6 Å². The van der Waals surface area contributed by atoms with Crippen molar-refractivity contribution in [2.24, 2.45) is 0 Å². The van der Waals surface area contributed by atoms with Crippen LogP contribution < -0.4 is 10.2 Å². The van der Waals surface area contributed by atoms with Crippen LogP contribution in [0.5, 0.6) is 5.75 Å². The normalized spacial score (nSPS) is 20.6. The second-order valence-electron chi connectivity index (χ2n) is 5.20. The van der Waals surface area contributed by atoms with Crippen LogP contribution in [-0.2, 0) is 6.42 Å². The number of hydrogen-bond donors (Lipinski definition) is 2. The maximum absolute atomic E-state index is 10.4. The Morgan fingerprint density at radius 3 is 2.82 bits per heavy atom. The van der Waals surface area contributed by atoms with Crippen LogP contribution in [0.15, 0.2) is 12.1 Å². The molecule has 3 nitrogen and oxygen atoms in total. The first-order chi connectivity index (χ1) is 8.27. The van der Waals surface area contributed by atoms with Gasteiger partial charge < -0.3 is 15.3 Å². The topological polar surface area (TPSA) is 35.5 Å². The number of rotatable bonds is 1. The predicted molar refractivity (Wildman–Crippen MR) is 69.9 cm³/mol. The molecule has 0 unspecified atom stereocenters. The fraction of sp³-hybridized carbons (Fsp3) is 0.571. The van der Waals surface area contributed by atoms with Crippen molar-refractivity contribution in [3.05, 3.63) is 23.3 Å². The van der Waals surface area contributed by atoms with Crippen molar-refractivity contribution in [2.45, 2.75) is 25.2 Å². The Hall–Kier alpha value is -1.22. The van der Waals surface area contributed by atoms with Crippen molar-refractivity contribution in [3.8, 4) is 5.75 Å². The highest BCUT2D eigenvalue weighted by atomic mass is 16.3. The van der Waals surface area contributed by atoms with Gasteiger partial charge in [0, 0.05) is 24.8 Å². The van der Waals surface area contributed by atoms with Crippen LogP contribution in [0.2, 0.25) is 0 Å². The fourth-order valence-electron chi connectivity index (χ4n) is 3.11. The standard InChI is InChI=1S/C14H20N2O/c1-16-9-6-12-13(16)3-2-11(14(12)17)10-4-7-15-8-5-10/h2-3,10,15,17H,4-9H2,1H3. The van der Waals surface area contributed by atoms with E-state index >= 15 is 0 Å². The summed E-state index contributed by atoms with van der Waals surface area (Å²) in [5.41, 5.74) is 3.53. The molecule has 1 saturated heterocycles. The first-order valence-corrected chi connectivity index (χ1v) is 6.54. The van der Waals surface area contributed by atoms with E-state index in [0.29, 0.717) is 11.7 Å². The molecule has 0 bridgehead atoms. The molecule has 0 saturated carbocycles. The number of phenolic OH excluding ortho intramolecular Hbond substituents is 1. The minimum Gasteiger partial charge on any atom is -0.507 e. The molecular weight excluding hydrogens is 212 g/mol. The molecule has 1 aromatic rings. The number of anilines is 1. The second kappa shape index (κ2) is 4.22. The van der Waals surface area contributed by atoms with Gasteiger partial charge in [-0.2, -0.15) is 0 Å². The van der Waals surface area contributed by atoms with Crippen molar-refractivity contribution in [3.63, 3.8) is 0 Å². The number of benzene rings is 1. The van der Waals surface area contributed by atoms with Crippen LogP contribution in [0, 0.1) is 0 Å². The zero-order chi connectivity index (χ0) is 11.8. The van der Waals surface area contributed by atoms with Gasteiger partial charge in [-0.25, -0.2) is 0 Å². The van der Waals surface area contributed by atoms with Crippen LogP contribution in [-0.4, -0.2) is 31.8 Å². The van der Waals surface area contributed by atoms with Crippen LogP contribution in [0.1, 0.15) is 29.9 Å². The van der Waals surface area contributed by atoms with E-state index in [1.165, 1.54) is 11.3 Å². The van der Waals surface area contributed by atoms with E-state index in [1.807, 2.05) is 0 Å². The van der Waals surface area contributed by atoms with Gasteiger partial charge in [-0.3, -0.25) is 0 Å². The molecule has 2 aliphatic heterocycles. The van der Waals surface area contributed by atoms with E-state index in [0.717, 1.165) is 44.5 Å². The molecule has 2 N–H and O–H groups in total. The van der Waals surface area contributed by atoms with Crippen molar-refractivity contribution >= 4 is 5.69 Å².